The molecule has 31 heavy (non-hydrogen) atoms. The fourth-order valence-corrected chi connectivity index (χ4v) is 4.88. The van der Waals surface area contributed by atoms with Crippen molar-refractivity contribution in [3.05, 3.63) is 70.4 Å². The average Bonchev–Trinajstić information content (AvgIpc) is 3.45. The summed E-state index contributed by atoms with van der Waals surface area (Å²) in [6, 6.07) is 5.28. The van der Waals surface area contributed by atoms with Crippen molar-refractivity contribution in [2.45, 2.75) is 18.1 Å². The van der Waals surface area contributed by atoms with E-state index in [9.17, 15) is 18.4 Å². The van der Waals surface area contributed by atoms with Crippen LogP contribution in [0.25, 0.3) is 0 Å². The Hall–Kier alpha value is -2.78. The van der Waals surface area contributed by atoms with Crippen LogP contribution in [0.2, 0.25) is 0 Å². The molecule has 2 atom stereocenters. The molecule has 0 spiro atoms. The number of rotatable bonds is 6. The van der Waals surface area contributed by atoms with Crippen LogP contribution in [0, 0.1) is 17.6 Å². The van der Waals surface area contributed by atoms with Gasteiger partial charge in [0.25, 0.3) is 11.8 Å². The minimum Gasteiger partial charge on any atom is -0.352 e. The maximum absolute atomic E-state index is 14.1. The number of amides is 2. The molecule has 0 bridgehead atoms. The molecular weight excluding hydrogens is 422 g/mol. The molecular formula is C22H22F2N4O2S. The van der Waals surface area contributed by atoms with Gasteiger partial charge in [0.15, 0.2) is 0 Å². The van der Waals surface area contributed by atoms with Gasteiger partial charge in [0.05, 0.1) is 17.4 Å². The minimum atomic E-state index is -0.628. The van der Waals surface area contributed by atoms with Gasteiger partial charge in [-0.2, -0.15) is 0 Å². The second-order valence-corrected chi connectivity index (χ2v) is 8.63. The van der Waals surface area contributed by atoms with Crippen molar-refractivity contribution in [3.63, 3.8) is 0 Å². The lowest BCUT2D eigenvalue weighted by Gasteiger charge is -2.14. The largest absolute Gasteiger partial charge is 0.352 e. The van der Waals surface area contributed by atoms with Crippen LogP contribution < -0.4 is 16.0 Å². The molecule has 2 amide bonds. The molecule has 4 rings (SSSR count). The molecule has 6 nitrogen and oxygen atoms in total. The van der Waals surface area contributed by atoms with E-state index in [4.69, 9.17) is 0 Å². The summed E-state index contributed by atoms with van der Waals surface area (Å²) in [6.07, 6.45) is 4.10. The van der Waals surface area contributed by atoms with Crippen molar-refractivity contribution in [2.24, 2.45) is 5.92 Å². The molecule has 3 N–H and O–H groups in total. The molecule has 0 radical (unpaired) electrons. The number of hydrogen-bond donors (Lipinski definition) is 3. The Balaban J connectivity index is 1.40. The number of nitrogens with zero attached hydrogens (tertiary/aromatic N) is 1. The number of pyridine rings is 1. The number of carbonyl (C=O) groups is 2. The predicted octanol–water partition coefficient (Wildman–Crippen LogP) is 3.40. The van der Waals surface area contributed by atoms with E-state index in [0.29, 0.717) is 29.3 Å². The Morgan fingerprint density at radius 3 is 2.74 bits per heavy atom. The van der Waals surface area contributed by atoms with Crippen LogP contribution in [-0.2, 0) is 4.79 Å². The second kappa shape index (κ2) is 9.57. The molecule has 1 aromatic carbocycles. The van der Waals surface area contributed by atoms with Gasteiger partial charge < -0.3 is 16.0 Å². The lowest BCUT2D eigenvalue weighted by molar-refractivity contribution is -0.113. The summed E-state index contributed by atoms with van der Waals surface area (Å²) in [7, 11) is 0. The molecule has 3 heterocycles. The molecule has 2 unspecified atom stereocenters. The third-order valence-corrected chi connectivity index (χ3v) is 6.57. The molecule has 162 valence electrons. The van der Waals surface area contributed by atoms with E-state index in [1.54, 1.807) is 11.5 Å². The maximum Gasteiger partial charge on any atom is 0.253 e. The fourth-order valence-electron chi connectivity index (χ4n) is 3.71. The topological polar surface area (TPSA) is 83.1 Å². The van der Waals surface area contributed by atoms with E-state index in [0.717, 1.165) is 19.5 Å². The number of nitrogens with one attached hydrogen (secondary N) is 3. The monoisotopic (exact) mass is 444 g/mol. The van der Waals surface area contributed by atoms with E-state index in [-0.39, 0.29) is 17.9 Å². The smallest absolute Gasteiger partial charge is 0.253 e. The van der Waals surface area contributed by atoms with Crippen molar-refractivity contribution >= 4 is 29.3 Å². The quantitative estimate of drug-likeness (QED) is 0.636. The molecule has 1 saturated heterocycles. The summed E-state index contributed by atoms with van der Waals surface area (Å²) < 4.78 is 28.1. The summed E-state index contributed by atoms with van der Waals surface area (Å²) in [5, 5.41) is 9.97. The first-order valence-corrected chi connectivity index (χ1v) is 11.0. The van der Waals surface area contributed by atoms with Crippen LogP contribution in [0.5, 0.6) is 0 Å². The molecule has 9 heteroatoms. The van der Waals surface area contributed by atoms with Crippen molar-refractivity contribution in [1.82, 2.24) is 15.6 Å². The first-order valence-electron chi connectivity index (χ1n) is 10.1. The van der Waals surface area contributed by atoms with Crippen molar-refractivity contribution < 1.29 is 18.4 Å². The number of carbonyl (C=O) groups excluding carboxylic acids is 2. The minimum absolute atomic E-state index is 0.0330. The highest BCUT2D eigenvalue weighted by atomic mass is 32.2. The Labute approximate surface area is 182 Å². The van der Waals surface area contributed by atoms with Gasteiger partial charge in [-0.05, 0) is 55.5 Å². The second-order valence-electron chi connectivity index (χ2n) is 7.55. The zero-order valence-corrected chi connectivity index (χ0v) is 17.5. The highest BCUT2D eigenvalue weighted by Gasteiger charge is 2.29. The third-order valence-electron chi connectivity index (χ3n) is 5.42. The van der Waals surface area contributed by atoms with Crippen LogP contribution in [0.3, 0.4) is 0 Å². The molecule has 1 fully saturated rings. The van der Waals surface area contributed by atoms with Gasteiger partial charge in [0.2, 0.25) is 0 Å². The summed E-state index contributed by atoms with van der Waals surface area (Å²) >= 11 is 1.20. The number of anilines is 1. The van der Waals surface area contributed by atoms with E-state index >= 15 is 0 Å². The predicted molar refractivity (Wildman–Crippen MR) is 116 cm³/mol. The normalized spacial score (nSPS) is 20.4. The van der Waals surface area contributed by atoms with Crippen molar-refractivity contribution in [2.75, 3.05) is 25.0 Å². The first-order chi connectivity index (χ1) is 15.0. The van der Waals surface area contributed by atoms with Gasteiger partial charge >= 0.3 is 0 Å². The first kappa shape index (κ1) is 21.5. The van der Waals surface area contributed by atoms with Crippen LogP contribution in [0.4, 0.5) is 14.5 Å². The number of hydrogen-bond acceptors (Lipinski definition) is 5. The van der Waals surface area contributed by atoms with E-state index in [1.165, 1.54) is 42.4 Å². The van der Waals surface area contributed by atoms with Gasteiger partial charge in [0, 0.05) is 29.1 Å². The fraction of sp³-hybridized carbons (Fsp3) is 0.318. The Morgan fingerprint density at radius 2 is 2.00 bits per heavy atom. The number of thioether (sulfide) groups is 1. The number of aromatic nitrogens is 1. The summed E-state index contributed by atoms with van der Waals surface area (Å²) in [4.78, 5) is 29.4. The molecule has 0 aliphatic carbocycles. The maximum atomic E-state index is 14.1. The lowest BCUT2D eigenvalue weighted by atomic mass is 10.0. The highest BCUT2D eigenvalue weighted by Crippen LogP contribution is 2.44. The Bertz CT molecular complexity index is 1000. The van der Waals surface area contributed by atoms with Gasteiger partial charge in [0.1, 0.15) is 11.6 Å². The summed E-state index contributed by atoms with van der Waals surface area (Å²) in [5.74, 6) is -1.58. The molecule has 2 aromatic rings. The summed E-state index contributed by atoms with van der Waals surface area (Å²) in [6.45, 7) is 2.37. The molecule has 2 aliphatic heterocycles. The van der Waals surface area contributed by atoms with E-state index in [1.807, 2.05) is 0 Å². The Kier molecular flexibility index (Phi) is 6.62. The SMILES string of the molecule is O=C(Nc1cnccc1C(=O)NCC1CCNC1)C1=CSC(c2c(F)cccc2F)C1. The van der Waals surface area contributed by atoms with Gasteiger partial charge in [-0.1, -0.05) is 6.07 Å². The average molecular weight is 445 g/mol. The lowest BCUT2D eigenvalue weighted by Crippen LogP contribution is -2.31. The summed E-state index contributed by atoms with van der Waals surface area (Å²) in [5.41, 5.74) is 0.970. The Morgan fingerprint density at radius 1 is 1.19 bits per heavy atom. The van der Waals surface area contributed by atoms with E-state index in [2.05, 4.69) is 20.9 Å². The highest BCUT2D eigenvalue weighted by molar-refractivity contribution is 8.02. The van der Waals surface area contributed by atoms with Gasteiger partial charge in [-0.3, -0.25) is 14.6 Å². The van der Waals surface area contributed by atoms with Gasteiger partial charge in [-0.15, -0.1) is 11.8 Å². The molecule has 2 aliphatic rings. The zero-order chi connectivity index (χ0) is 21.8. The molecule has 1 aromatic heterocycles. The van der Waals surface area contributed by atoms with Crippen LogP contribution >= 0.6 is 11.8 Å². The van der Waals surface area contributed by atoms with Crippen LogP contribution in [-0.4, -0.2) is 36.4 Å². The standard InChI is InChI=1S/C22H22F2N4O2S/c23-16-2-1-3-17(24)20(16)19-8-14(12-31-19)21(29)28-18-11-26-7-5-15(18)22(30)27-10-13-4-6-25-9-13/h1-3,5,7,11-13,19,25H,4,6,8-10H2,(H,27,30)(H,28,29). The zero-order valence-electron chi connectivity index (χ0n) is 16.7. The van der Waals surface area contributed by atoms with Gasteiger partial charge in [-0.25, -0.2) is 8.78 Å². The van der Waals surface area contributed by atoms with Crippen LogP contribution in [0.15, 0.2) is 47.6 Å². The van der Waals surface area contributed by atoms with Crippen LogP contribution in [0.1, 0.15) is 34.0 Å². The number of halogens is 2. The van der Waals surface area contributed by atoms with Crippen molar-refractivity contribution in [1.29, 1.82) is 0 Å². The molecule has 0 saturated carbocycles. The number of benzene rings is 1. The van der Waals surface area contributed by atoms with E-state index < -0.39 is 22.8 Å². The third kappa shape index (κ3) is 4.94. The van der Waals surface area contributed by atoms with Crippen molar-refractivity contribution in [3.8, 4) is 0 Å².